The van der Waals surface area contributed by atoms with Gasteiger partial charge in [-0.15, -0.1) is 0 Å². The van der Waals surface area contributed by atoms with E-state index < -0.39 is 38.7 Å². The molecule has 2 atom stereocenters. The molecule has 0 amide bonds. The van der Waals surface area contributed by atoms with Gasteiger partial charge in [0.15, 0.2) is 0 Å². The first kappa shape index (κ1) is 31.3. The van der Waals surface area contributed by atoms with Crippen LogP contribution in [0.1, 0.15) is 25.3 Å². The largest absolute Gasteiger partial charge is 0.468 e. The van der Waals surface area contributed by atoms with Gasteiger partial charge in [0.05, 0.1) is 22.6 Å². The zero-order chi connectivity index (χ0) is 30.6. The third-order valence-corrected chi connectivity index (χ3v) is 9.77. The zero-order valence-electron chi connectivity index (χ0n) is 23.4. The highest BCUT2D eigenvalue weighted by molar-refractivity contribution is 7.89. The third-order valence-electron chi connectivity index (χ3n) is 7.37. The third kappa shape index (κ3) is 6.54. The van der Waals surface area contributed by atoms with Crippen LogP contribution >= 0.6 is 11.6 Å². The molecule has 224 valence electrons. The number of allylic oxidation sites excluding steroid dienone is 1. The fourth-order valence-electron chi connectivity index (χ4n) is 5.26. The van der Waals surface area contributed by atoms with E-state index in [2.05, 4.69) is 4.99 Å². The number of carbonyl (C=O) groups excluding carboxylic acids is 2. The maximum Gasteiger partial charge on any atom is 0.336 e. The van der Waals surface area contributed by atoms with Crippen LogP contribution in [0.4, 0.5) is 5.69 Å². The summed E-state index contributed by atoms with van der Waals surface area (Å²) < 4.78 is 38.0. The Kier molecular flexibility index (Phi) is 9.77. The molecule has 0 aliphatic carbocycles. The van der Waals surface area contributed by atoms with E-state index in [1.165, 1.54) is 41.7 Å². The number of benzene rings is 2. The van der Waals surface area contributed by atoms with Crippen molar-refractivity contribution >= 4 is 45.0 Å². The number of rotatable bonds is 9. The van der Waals surface area contributed by atoms with Gasteiger partial charge < -0.3 is 9.47 Å². The Balaban J connectivity index is 1.45. The second-order valence-corrected chi connectivity index (χ2v) is 12.2. The molecule has 1 saturated heterocycles. The Hall–Kier alpha value is -3.65. The molecule has 0 aromatic heterocycles. The van der Waals surface area contributed by atoms with Crippen LogP contribution in [0.15, 0.2) is 69.7 Å². The normalized spacial score (nSPS) is 20.1. The smallest absolute Gasteiger partial charge is 0.336 e. The maximum atomic E-state index is 13.4. The Morgan fingerprint density at radius 3 is 2.43 bits per heavy atom. The first-order valence-electron chi connectivity index (χ1n) is 13.2. The lowest BCUT2D eigenvalue weighted by Gasteiger charge is -2.34. The number of carbonyl (C=O) groups is 2. The second kappa shape index (κ2) is 13.1. The topological polar surface area (TPSA) is 149 Å². The average molecular weight is 619 g/mol. The molecular formula is C28H31ClN4O8S. The van der Waals surface area contributed by atoms with Gasteiger partial charge in [-0.3, -0.25) is 24.8 Å². The molecule has 12 nitrogen and oxygen atoms in total. The minimum Gasteiger partial charge on any atom is -0.468 e. The minimum absolute atomic E-state index is 0.000121. The molecule has 2 heterocycles. The lowest BCUT2D eigenvalue weighted by Crippen LogP contribution is -2.49. The number of aliphatic imine (C=N–C) groups is 1. The van der Waals surface area contributed by atoms with Crippen LogP contribution in [0, 0.1) is 16.0 Å². The summed E-state index contributed by atoms with van der Waals surface area (Å²) in [4.78, 5) is 43.6. The predicted octanol–water partition coefficient (Wildman–Crippen LogP) is 3.42. The van der Waals surface area contributed by atoms with E-state index in [0.717, 1.165) is 0 Å². The molecular weight excluding hydrogens is 588 g/mol. The molecule has 0 saturated carbocycles. The van der Waals surface area contributed by atoms with Crippen LogP contribution in [-0.4, -0.2) is 86.6 Å². The van der Waals surface area contributed by atoms with E-state index in [4.69, 9.17) is 21.1 Å². The first-order valence-corrected chi connectivity index (χ1v) is 15.0. The number of esters is 2. The molecule has 0 N–H and O–H groups in total. The van der Waals surface area contributed by atoms with Crippen LogP contribution in [0.3, 0.4) is 0 Å². The van der Waals surface area contributed by atoms with Crippen molar-refractivity contribution in [3.8, 4) is 0 Å². The average Bonchev–Trinajstić information content (AvgIpc) is 2.96. The van der Waals surface area contributed by atoms with E-state index >= 15 is 0 Å². The Morgan fingerprint density at radius 1 is 1.10 bits per heavy atom. The van der Waals surface area contributed by atoms with Crippen molar-refractivity contribution in [2.75, 3.05) is 46.4 Å². The van der Waals surface area contributed by atoms with E-state index in [9.17, 15) is 28.1 Å². The SMILES string of the molecule is COC(=O)C1C(C)=NC(C)=C(C(=O)OCCN2CCN(S(=O)(=O)c3ccccc3Cl)CC2)[C@H]1c1cccc([N+](=O)[O-])c1. The van der Waals surface area contributed by atoms with Crippen LogP contribution < -0.4 is 0 Å². The lowest BCUT2D eigenvalue weighted by atomic mass is 9.75. The lowest BCUT2D eigenvalue weighted by molar-refractivity contribution is -0.384. The minimum atomic E-state index is -3.74. The van der Waals surface area contributed by atoms with Gasteiger partial charge >= 0.3 is 11.9 Å². The van der Waals surface area contributed by atoms with Crippen molar-refractivity contribution in [3.63, 3.8) is 0 Å². The number of non-ortho nitro benzene ring substituents is 1. The summed E-state index contributed by atoms with van der Waals surface area (Å²) in [5.74, 6) is -3.21. The highest BCUT2D eigenvalue weighted by Gasteiger charge is 2.42. The molecule has 14 heteroatoms. The molecule has 1 unspecified atom stereocenters. The molecule has 2 aromatic rings. The van der Waals surface area contributed by atoms with Crippen LogP contribution in [-0.2, 0) is 29.1 Å². The number of piperazine rings is 1. The fraction of sp³-hybridized carbons (Fsp3) is 0.393. The maximum absolute atomic E-state index is 13.4. The molecule has 1 fully saturated rings. The van der Waals surface area contributed by atoms with Crippen molar-refractivity contribution in [2.24, 2.45) is 10.9 Å². The van der Waals surface area contributed by atoms with Crippen molar-refractivity contribution in [1.29, 1.82) is 0 Å². The van der Waals surface area contributed by atoms with E-state index in [-0.39, 0.29) is 40.9 Å². The van der Waals surface area contributed by atoms with Gasteiger partial charge in [-0.05, 0) is 31.5 Å². The summed E-state index contributed by atoms with van der Waals surface area (Å²) in [7, 11) is -2.51. The van der Waals surface area contributed by atoms with Gasteiger partial charge in [0.1, 0.15) is 17.4 Å². The summed E-state index contributed by atoms with van der Waals surface area (Å²) in [6.07, 6.45) is 0. The molecule has 0 bridgehead atoms. The van der Waals surface area contributed by atoms with Gasteiger partial charge in [0, 0.05) is 62.2 Å². The van der Waals surface area contributed by atoms with E-state index in [1.54, 1.807) is 32.0 Å². The number of methoxy groups -OCH3 is 1. The van der Waals surface area contributed by atoms with Crippen LogP contribution in [0.25, 0.3) is 0 Å². The number of nitro groups is 1. The van der Waals surface area contributed by atoms with E-state index in [0.29, 0.717) is 36.6 Å². The molecule has 4 rings (SSSR count). The molecule has 2 aromatic carbocycles. The van der Waals surface area contributed by atoms with Gasteiger partial charge in [-0.1, -0.05) is 35.9 Å². The zero-order valence-corrected chi connectivity index (χ0v) is 24.9. The van der Waals surface area contributed by atoms with Crippen LogP contribution in [0.5, 0.6) is 0 Å². The number of halogens is 1. The summed E-state index contributed by atoms with van der Waals surface area (Å²) in [5.41, 5.74) is 1.07. The number of ether oxygens (including phenoxy) is 2. The molecule has 0 radical (unpaired) electrons. The van der Waals surface area contributed by atoms with Crippen molar-refractivity contribution < 1.29 is 32.4 Å². The highest BCUT2D eigenvalue weighted by Crippen LogP contribution is 2.41. The number of hydrogen-bond acceptors (Lipinski definition) is 10. The summed E-state index contributed by atoms with van der Waals surface area (Å²) in [6.45, 7) is 4.95. The Morgan fingerprint density at radius 2 is 1.79 bits per heavy atom. The van der Waals surface area contributed by atoms with Gasteiger partial charge in [-0.2, -0.15) is 4.31 Å². The molecule has 2 aliphatic heterocycles. The van der Waals surface area contributed by atoms with Gasteiger partial charge in [0.2, 0.25) is 10.0 Å². The second-order valence-electron chi connectivity index (χ2n) is 9.89. The molecule has 0 spiro atoms. The number of hydrogen-bond donors (Lipinski definition) is 0. The molecule has 42 heavy (non-hydrogen) atoms. The van der Waals surface area contributed by atoms with Crippen molar-refractivity contribution in [3.05, 3.63) is 80.5 Å². The first-order chi connectivity index (χ1) is 19.9. The Bertz CT molecular complexity index is 1550. The monoisotopic (exact) mass is 618 g/mol. The standard InChI is InChI=1S/C28H31ClN4O8S/c1-18-24(27(34)40-3)26(20-7-6-8-21(17-20)33(36)37)25(19(2)30-18)28(35)41-16-15-31-11-13-32(14-12-31)42(38,39)23-10-5-4-9-22(23)29/h4-10,17,24,26H,11-16H2,1-3H3/t24?,26-/m0/s1. The fourth-order valence-corrected chi connectivity index (χ4v) is 7.17. The van der Waals surface area contributed by atoms with Crippen molar-refractivity contribution in [2.45, 2.75) is 24.7 Å². The quantitative estimate of drug-likeness (QED) is 0.234. The summed E-state index contributed by atoms with van der Waals surface area (Å²) >= 11 is 6.11. The van der Waals surface area contributed by atoms with E-state index in [1.807, 2.05) is 4.90 Å². The van der Waals surface area contributed by atoms with Crippen LogP contribution in [0.2, 0.25) is 5.02 Å². The number of nitro benzene ring substituents is 1. The summed E-state index contributed by atoms with van der Waals surface area (Å²) in [6, 6.07) is 12.1. The number of sulfonamides is 1. The van der Waals surface area contributed by atoms with Gasteiger partial charge in [0.25, 0.3) is 5.69 Å². The summed E-state index contributed by atoms with van der Waals surface area (Å²) in [5, 5.41) is 11.6. The highest BCUT2D eigenvalue weighted by atomic mass is 35.5. The number of nitrogens with zero attached hydrogens (tertiary/aromatic N) is 4. The van der Waals surface area contributed by atoms with Crippen molar-refractivity contribution in [1.82, 2.24) is 9.21 Å². The molecule has 2 aliphatic rings. The Labute approximate surface area is 248 Å². The van der Waals surface area contributed by atoms with Gasteiger partial charge in [-0.25, -0.2) is 13.2 Å². The predicted molar refractivity (Wildman–Crippen MR) is 155 cm³/mol.